The summed E-state index contributed by atoms with van der Waals surface area (Å²) in [4.78, 5) is 0. The van der Waals surface area contributed by atoms with Crippen LogP contribution in [0.4, 0.5) is 0 Å². The largest absolute Gasteiger partial charge is 0.394 e. The summed E-state index contributed by atoms with van der Waals surface area (Å²) >= 11 is 0. The Morgan fingerprint density at radius 3 is 2.94 bits per heavy atom. The standard InChI is InChI=1S/C10H17N7O/c18-7-6-17-9-10(13-15-17)8-11-2-1-4-16-5-3-12-14-16/h3,5,9,11,18H,1-2,4,6-8H2. The van der Waals surface area contributed by atoms with Gasteiger partial charge in [-0.2, -0.15) is 0 Å². The highest BCUT2D eigenvalue weighted by Gasteiger charge is 1.99. The molecule has 8 nitrogen and oxygen atoms in total. The second-order valence-electron chi connectivity index (χ2n) is 3.89. The van der Waals surface area contributed by atoms with Crippen LogP contribution in [-0.4, -0.2) is 48.2 Å². The van der Waals surface area contributed by atoms with E-state index in [1.807, 2.05) is 12.4 Å². The van der Waals surface area contributed by atoms with Gasteiger partial charge in [0.2, 0.25) is 0 Å². The molecular formula is C10H17N7O. The fourth-order valence-corrected chi connectivity index (χ4v) is 1.57. The minimum atomic E-state index is 0.0775. The zero-order chi connectivity index (χ0) is 12.6. The van der Waals surface area contributed by atoms with Gasteiger partial charge in [-0.1, -0.05) is 10.4 Å². The average molecular weight is 251 g/mol. The zero-order valence-corrected chi connectivity index (χ0v) is 10.1. The zero-order valence-electron chi connectivity index (χ0n) is 10.1. The molecule has 0 aliphatic carbocycles. The molecule has 8 heteroatoms. The highest BCUT2D eigenvalue weighted by atomic mass is 16.3. The van der Waals surface area contributed by atoms with Gasteiger partial charge in [0.05, 0.1) is 25.0 Å². The molecule has 0 atom stereocenters. The first kappa shape index (κ1) is 12.7. The van der Waals surface area contributed by atoms with Crippen molar-refractivity contribution in [3.63, 3.8) is 0 Å². The minimum absolute atomic E-state index is 0.0775. The molecule has 0 aliphatic rings. The van der Waals surface area contributed by atoms with Crippen molar-refractivity contribution in [2.24, 2.45) is 0 Å². The van der Waals surface area contributed by atoms with Crippen LogP contribution in [0.25, 0.3) is 0 Å². The molecule has 0 radical (unpaired) electrons. The van der Waals surface area contributed by atoms with E-state index in [2.05, 4.69) is 25.9 Å². The van der Waals surface area contributed by atoms with Crippen LogP contribution in [0.1, 0.15) is 12.1 Å². The van der Waals surface area contributed by atoms with Crippen LogP contribution in [0.3, 0.4) is 0 Å². The van der Waals surface area contributed by atoms with E-state index in [4.69, 9.17) is 5.11 Å². The van der Waals surface area contributed by atoms with Gasteiger partial charge in [0.1, 0.15) is 0 Å². The Kier molecular flexibility index (Phi) is 4.79. The fraction of sp³-hybridized carbons (Fsp3) is 0.600. The predicted octanol–water partition coefficient (Wildman–Crippen LogP) is -0.958. The molecule has 2 N–H and O–H groups in total. The third-order valence-electron chi connectivity index (χ3n) is 2.43. The molecule has 2 aromatic rings. The van der Waals surface area contributed by atoms with Crippen molar-refractivity contribution in [2.75, 3.05) is 13.2 Å². The molecule has 0 spiro atoms. The lowest BCUT2D eigenvalue weighted by molar-refractivity contribution is 0.268. The maximum absolute atomic E-state index is 8.75. The molecule has 0 unspecified atom stereocenters. The highest BCUT2D eigenvalue weighted by Crippen LogP contribution is 1.93. The number of aliphatic hydroxyl groups excluding tert-OH is 1. The molecule has 0 amide bonds. The SMILES string of the molecule is OCCn1cc(CNCCCn2ccnn2)nn1. The molecule has 2 heterocycles. The van der Waals surface area contributed by atoms with E-state index in [1.54, 1.807) is 15.6 Å². The van der Waals surface area contributed by atoms with Gasteiger partial charge in [-0.15, -0.1) is 10.2 Å². The van der Waals surface area contributed by atoms with Crippen LogP contribution >= 0.6 is 0 Å². The number of aromatic nitrogens is 6. The lowest BCUT2D eigenvalue weighted by Crippen LogP contribution is -2.17. The van der Waals surface area contributed by atoms with Gasteiger partial charge in [-0.05, 0) is 13.0 Å². The summed E-state index contributed by atoms with van der Waals surface area (Å²) in [6.45, 7) is 2.98. The maximum atomic E-state index is 8.75. The second kappa shape index (κ2) is 6.82. The first-order chi connectivity index (χ1) is 8.88. The second-order valence-corrected chi connectivity index (χ2v) is 3.89. The van der Waals surface area contributed by atoms with Crippen LogP contribution in [0.2, 0.25) is 0 Å². The fourth-order valence-electron chi connectivity index (χ4n) is 1.57. The van der Waals surface area contributed by atoms with Crippen molar-refractivity contribution in [3.8, 4) is 0 Å². The molecule has 0 saturated carbocycles. The lowest BCUT2D eigenvalue weighted by Gasteiger charge is -2.02. The number of hydrogen-bond donors (Lipinski definition) is 2. The van der Waals surface area contributed by atoms with E-state index in [9.17, 15) is 0 Å². The topological polar surface area (TPSA) is 93.7 Å². The number of rotatable bonds is 8. The average Bonchev–Trinajstić information content (AvgIpc) is 3.01. The van der Waals surface area contributed by atoms with E-state index in [0.717, 1.165) is 25.2 Å². The summed E-state index contributed by atoms with van der Waals surface area (Å²) < 4.78 is 3.44. The van der Waals surface area contributed by atoms with Gasteiger partial charge in [0.25, 0.3) is 0 Å². The highest BCUT2D eigenvalue weighted by molar-refractivity contribution is 4.91. The van der Waals surface area contributed by atoms with Crippen LogP contribution in [0.5, 0.6) is 0 Å². The van der Waals surface area contributed by atoms with Crippen molar-refractivity contribution in [1.29, 1.82) is 0 Å². The first-order valence-electron chi connectivity index (χ1n) is 5.93. The Hall–Kier alpha value is -1.80. The third-order valence-corrected chi connectivity index (χ3v) is 2.43. The Morgan fingerprint density at radius 1 is 1.22 bits per heavy atom. The number of nitrogens with zero attached hydrogens (tertiary/aromatic N) is 6. The van der Waals surface area contributed by atoms with Crippen molar-refractivity contribution in [2.45, 2.75) is 26.1 Å². The number of aryl methyl sites for hydroxylation is 1. The summed E-state index contributed by atoms with van der Waals surface area (Å²) in [5.41, 5.74) is 0.879. The van der Waals surface area contributed by atoms with Crippen LogP contribution in [-0.2, 0) is 19.6 Å². The summed E-state index contributed by atoms with van der Waals surface area (Å²) in [6, 6.07) is 0. The van der Waals surface area contributed by atoms with Crippen LogP contribution < -0.4 is 5.32 Å². The third kappa shape index (κ3) is 3.90. The molecule has 98 valence electrons. The number of hydrogen-bond acceptors (Lipinski definition) is 6. The number of nitrogens with one attached hydrogen (secondary N) is 1. The van der Waals surface area contributed by atoms with Gasteiger partial charge in [0, 0.05) is 25.5 Å². The van der Waals surface area contributed by atoms with Gasteiger partial charge in [-0.25, -0.2) is 4.68 Å². The van der Waals surface area contributed by atoms with Crippen molar-refractivity contribution in [3.05, 3.63) is 24.3 Å². The maximum Gasteiger partial charge on any atom is 0.0964 e. The van der Waals surface area contributed by atoms with E-state index in [-0.39, 0.29) is 6.61 Å². The molecule has 18 heavy (non-hydrogen) atoms. The smallest absolute Gasteiger partial charge is 0.0964 e. The van der Waals surface area contributed by atoms with E-state index in [0.29, 0.717) is 13.1 Å². The van der Waals surface area contributed by atoms with Crippen LogP contribution in [0.15, 0.2) is 18.6 Å². The summed E-state index contributed by atoms with van der Waals surface area (Å²) in [5.74, 6) is 0. The van der Waals surface area contributed by atoms with E-state index < -0.39 is 0 Å². The summed E-state index contributed by atoms with van der Waals surface area (Å²) in [7, 11) is 0. The molecule has 2 aromatic heterocycles. The first-order valence-corrected chi connectivity index (χ1v) is 5.93. The quantitative estimate of drug-likeness (QED) is 0.587. The minimum Gasteiger partial charge on any atom is -0.394 e. The van der Waals surface area contributed by atoms with Crippen LogP contribution in [0, 0.1) is 0 Å². The molecule has 0 saturated heterocycles. The Balaban J connectivity index is 1.59. The molecule has 2 rings (SSSR count). The summed E-state index contributed by atoms with van der Waals surface area (Å²) in [5, 5.41) is 27.5. The lowest BCUT2D eigenvalue weighted by atomic mass is 10.4. The van der Waals surface area contributed by atoms with Crippen molar-refractivity contribution < 1.29 is 5.11 Å². The van der Waals surface area contributed by atoms with Gasteiger partial charge in [0.15, 0.2) is 0 Å². The van der Waals surface area contributed by atoms with E-state index in [1.165, 1.54) is 0 Å². The van der Waals surface area contributed by atoms with E-state index >= 15 is 0 Å². The Labute approximate surface area is 105 Å². The Morgan fingerprint density at radius 2 is 2.17 bits per heavy atom. The summed E-state index contributed by atoms with van der Waals surface area (Å²) in [6.07, 6.45) is 6.34. The van der Waals surface area contributed by atoms with Gasteiger partial charge < -0.3 is 10.4 Å². The molecular weight excluding hydrogens is 234 g/mol. The van der Waals surface area contributed by atoms with Crippen molar-refractivity contribution >= 4 is 0 Å². The molecule has 0 aliphatic heterocycles. The normalized spacial score (nSPS) is 10.9. The van der Waals surface area contributed by atoms with Gasteiger partial charge in [-0.3, -0.25) is 4.68 Å². The molecule has 0 bridgehead atoms. The van der Waals surface area contributed by atoms with Gasteiger partial charge >= 0.3 is 0 Å². The Bertz CT molecular complexity index is 439. The number of aliphatic hydroxyl groups is 1. The monoisotopic (exact) mass is 251 g/mol. The van der Waals surface area contributed by atoms with Crippen molar-refractivity contribution in [1.82, 2.24) is 35.3 Å². The predicted molar refractivity (Wildman–Crippen MR) is 63.5 cm³/mol. The molecule has 0 aromatic carbocycles. The molecule has 0 fully saturated rings.